The van der Waals surface area contributed by atoms with Crippen molar-refractivity contribution in [1.82, 2.24) is 4.98 Å². The van der Waals surface area contributed by atoms with Crippen LogP contribution in [0.2, 0.25) is 0 Å². The maximum Gasteiger partial charge on any atom is 0.416 e. The molecule has 2 heterocycles. The van der Waals surface area contributed by atoms with Gasteiger partial charge in [0.2, 0.25) is 5.71 Å². The van der Waals surface area contributed by atoms with Crippen molar-refractivity contribution in [2.45, 2.75) is 6.18 Å². The Morgan fingerprint density at radius 3 is 2.32 bits per heavy atom. The van der Waals surface area contributed by atoms with Crippen molar-refractivity contribution in [1.29, 1.82) is 10.5 Å². The summed E-state index contributed by atoms with van der Waals surface area (Å²) < 4.78 is 44.8. The van der Waals surface area contributed by atoms with Gasteiger partial charge in [0.25, 0.3) is 0 Å². The first kappa shape index (κ1) is 21.4. The molecule has 0 spiro atoms. The summed E-state index contributed by atoms with van der Waals surface area (Å²) in [5, 5.41) is 19.3. The third kappa shape index (κ3) is 3.49. The molecule has 9 heteroatoms. The number of fused-ring (bicyclic) bond motifs is 2. The molecule has 164 valence electrons. The van der Waals surface area contributed by atoms with Crippen molar-refractivity contribution in [3.63, 3.8) is 0 Å². The Kier molecular flexibility index (Phi) is 4.93. The van der Waals surface area contributed by atoms with Gasteiger partial charge < -0.3 is 4.42 Å². The molecule has 5 nitrogen and oxygen atoms in total. The zero-order chi connectivity index (χ0) is 24.0. The molecule has 1 aliphatic carbocycles. The fourth-order valence-corrected chi connectivity index (χ4v) is 4.68. The highest BCUT2D eigenvalue weighted by atomic mass is 32.1. The van der Waals surface area contributed by atoms with Gasteiger partial charge in [-0.2, -0.15) is 23.7 Å². The number of halogens is 3. The lowest BCUT2D eigenvalue weighted by molar-refractivity contribution is -0.137. The summed E-state index contributed by atoms with van der Waals surface area (Å²) >= 11 is 1.23. The minimum atomic E-state index is -4.42. The van der Waals surface area contributed by atoms with Crippen LogP contribution in [0.3, 0.4) is 0 Å². The van der Waals surface area contributed by atoms with Crippen LogP contribution in [0, 0.1) is 22.7 Å². The molecule has 0 aliphatic heterocycles. The van der Waals surface area contributed by atoms with Crippen LogP contribution in [0.5, 0.6) is 0 Å². The number of nitrogens with zero attached hydrogens (tertiary/aromatic N) is 3. The second kappa shape index (κ2) is 7.84. The minimum absolute atomic E-state index is 0.170. The van der Waals surface area contributed by atoms with Gasteiger partial charge in [0.05, 0.1) is 10.3 Å². The van der Waals surface area contributed by atoms with Gasteiger partial charge in [0, 0.05) is 28.3 Å². The third-order valence-corrected chi connectivity index (χ3v) is 6.32. The summed E-state index contributed by atoms with van der Waals surface area (Å²) in [5.74, 6) is -0.0247. The van der Waals surface area contributed by atoms with E-state index in [1.807, 2.05) is 12.1 Å². The number of Topliss-reactive ketones (excluding diaryl/α,β-unsaturated/α-hetero) is 1. The zero-order valence-electron chi connectivity index (χ0n) is 17.0. The summed E-state index contributed by atoms with van der Waals surface area (Å²) in [7, 11) is 0. The summed E-state index contributed by atoms with van der Waals surface area (Å²) in [6.45, 7) is 0. The molecule has 2 aromatic heterocycles. The van der Waals surface area contributed by atoms with Crippen molar-refractivity contribution in [3.05, 3.63) is 88.2 Å². The van der Waals surface area contributed by atoms with Crippen LogP contribution in [0.4, 0.5) is 13.2 Å². The molecule has 0 radical (unpaired) electrons. The van der Waals surface area contributed by atoms with E-state index in [9.17, 15) is 28.5 Å². The van der Waals surface area contributed by atoms with E-state index in [0.29, 0.717) is 32.2 Å². The molecule has 0 bridgehead atoms. The molecule has 0 N–H and O–H groups in total. The Morgan fingerprint density at radius 2 is 1.71 bits per heavy atom. The van der Waals surface area contributed by atoms with Crippen molar-refractivity contribution in [3.8, 4) is 22.7 Å². The molecule has 0 atom stereocenters. The molecule has 0 amide bonds. The van der Waals surface area contributed by atoms with Gasteiger partial charge in [-0.25, -0.2) is 4.98 Å². The number of allylic oxidation sites excluding steroid dienone is 3. The summed E-state index contributed by atoms with van der Waals surface area (Å²) in [5.41, 5.74) is 1.18. The Hall–Kier alpha value is -4.47. The van der Waals surface area contributed by atoms with Gasteiger partial charge in [-0.3, -0.25) is 4.79 Å². The normalized spacial score (nSPS) is 14.3. The number of hydrogen-bond acceptors (Lipinski definition) is 6. The van der Waals surface area contributed by atoms with E-state index < -0.39 is 11.7 Å². The van der Waals surface area contributed by atoms with Gasteiger partial charge >= 0.3 is 6.18 Å². The Balaban J connectivity index is 1.54. The monoisotopic (exact) mass is 473 g/mol. The number of rotatable bonds is 2. The molecular formula is C25H10F3N3O2S. The largest absolute Gasteiger partial charge is 0.437 e. The lowest BCUT2D eigenvalue weighted by Crippen LogP contribution is -2.03. The molecule has 0 saturated heterocycles. The van der Waals surface area contributed by atoms with Gasteiger partial charge in [-0.1, -0.05) is 36.4 Å². The molecule has 5 rings (SSSR count). The van der Waals surface area contributed by atoms with Crippen molar-refractivity contribution in [2.24, 2.45) is 0 Å². The number of carbonyl (C=O) groups excluding carboxylic acids is 1. The number of nitriles is 2. The molecule has 1 aliphatic rings. The van der Waals surface area contributed by atoms with Crippen LogP contribution in [0.1, 0.15) is 27.2 Å². The van der Waals surface area contributed by atoms with E-state index in [1.165, 1.54) is 29.5 Å². The van der Waals surface area contributed by atoms with Gasteiger partial charge in [-0.15, -0.1) is 11.3 Å². The number of ketones is 1. The van der Waals surface area contributed by atoms with Gasteiger partial charge in [0.15, 0.2) is 5.78 Å². The first-order valence-electron chi connectivity index (χ1n) is 9.79. The highest BCUT2D eigenvalue weighted by Gasteiger charge is 2.33. The molecule has 0 saturated carbocycles. The van der Waals surface area contributed by atoms with Crippen LogP contribution in [-0.4, -0.2) is 10.8 Å². The lowest BCUT2D eigenvalue weighted by atomic mass is 9.99. The van der Waals surface area contributed by atoms with E-state index in [4.69, 9.17) is 4.42 Å². The van der Waals surface area contributed by atoms with Gasteiger partial charge in [-0.05, 0) is 23.8 Å². The highest BCUT2D eigenvalue weighted by molar-refractivity contribution is 7.21. The molecule has 0 unspecified atom stereocenters. The van der Waals surface area contributed by atoms with Crippen molar-refractivity contribution >= 4 is 39.2 Å². The molecule has 0 fully saturated rings. The summed E-state index contributed by atoms with van der Waals surface area (Å²) in [4.78, 5) is 17.3. The fourth-order valence-electron chi connectivity index (χ4n) is 3.74. The fraction of sp³-hybridized carbons (Fsp3) is 0.0400. The van der Waals surface area contributed by atoms with Crippen molar-refractivity contribution < 1.29 is 22.4 Å². The number of furan rings is 1. The third-order valence-electron chi connectivity index (χ3n) is 5.28. The van der Waals surface area contributed by atoms with Crippen LogP contribution in [-0.2, 0) is 6.18 Å². The maximum atomic E-state index is 13.0. The number of thiazole rings is 1. The standard InChI is InChI=1S/C25H10F3N3O2S/c26-25(27,28)15-7-5-13(6-8-15)24-31-23-20(34-24)10-16(33-23)9-19-21(14(11-29)12-30)17-3-1-2-4-18(17)22(19)32/h1-10H/b19-9-. The predicted octanol–water partition coefficient (Wildman–Crippen LogP) is 6.66. The van der Waals surface area contributed by atoms with Crippen LogP contribution in [0.15, 0.2) is 70.2 Å². The van der Waals surface area contributed by atoms with E-state index >= 15 is 0 Å². The quantitative estimate of drug-likeness (QED) is 0.240. The lowest BCUT2D eigenvalue weighted by Gasteiger charge is -2.06. The van der Waals surface area contributed by atoms with Crippen LogP contribution < -0.4 is 0 Å². The van der Waals surface area contributed by atoms with Crippen LogP contribution >= 0.6 is 11.3 Å². The Bertz CT molecular complexity index is 1580. The average Bonchev–Trinajstić information content (AvgIpc) is 3.46. The molecular weight excluding hydrogens is 463 g/mol. The van der Waals surface area contributed by atoms with Gasteiger partial charge in [0.1, 0.15) is 28.5 Å². The maximum absolute atomic E-state index is 13.0. The highest BCUT2D eigenvalue weighted by Crippen LogP contribution is 2.41. The van der Waals surface area contributed by atoms with E-state index in [0.717, 1.165) is 12.1 Å². The second-order valence-electron chi connectivity index (χ2n) is 7.32. The smallest absolute Gasteiger partial charge is 0.416 e. The number of alkyl halides is 3. The zero-order valence-corrected chi connectivity index (χ0v) is 17.8. The first-order valence-corrected chi connectivity index (χ1v) is 10.6. The molecule has 34 heavy (non-hydrogen) atoms. The number of aromatic nitrogens is 1. The van der Waals surface area contributed by atoms with E-state index in [-0.39, 0.29) is 28.2 Å². The predicted molar refractivity (Wildman–Crippen MR) is 119 cm³/mol. The number of benzene rings is 2. The Morgan fingerprint density at radius 1 is 1.03 bits per heavy atom. The second-order valence-corrected chi connectivity index (χ2v) is 8.35. The average molecular weight is 473 g/mol. The molecule has 4 aromatic rings. The van der Waals surface area contributed by atoms with Crippen molar-refractivity contribution in [2.75, 3.05) is 0 Å². The number of hydrogen-bond donors (Lipinski definition) is 0. The summed E-state index contributed by atoms with van der Waals surface area (Å²) in [6, 6.07) is 16.8. The Labute approximate surface area is 194 Å². The SMILES string of the molecule is N#CC(C#N)=C1/C(=C/c2cc3sc(-c4ccc(C(F)(F)F)cc4)nc3o2)C(=O)c2ccccc21. The van der Waals surface area contributed by atoms with Crippen LogP contribution in [0.25, 0.3) is 32.6 Å². The first-order chi connectivity index (χ1) is 16.3. The minimum Gasteiger partial charge on any atom is -0.437 e. The summed E-state index contributed by atoms with van der Waals surface area (Å²) in [6.07, 6.45) is -2.95. The topological polar surface area (TPSA) is 90.7 Å². The number of carbonyl (C=O) groups is 1. The molecule has 2 aromatic carbocycles. The van der Waals surface area contributed by atoms with E-state index in [1.54, 1.807) is 30.3 Å². The van der Waals surface area contributed by atoms with E-state index in [2.05, 4.69) is 4.98 Å².